The van der Waals surface area contributed by atoms with E-state index in [0.29, 0.717) is 34.6 Å². The second-order valence-corrected chi connectivity index (χ2v) is 9.59. The summed E-state index contributed by atoms with van der Waals surface area (Å²) in [5.74, 6) is 1.91. The van der Waals surface area contributed by atoms with Crippen LogP contribution in [-0.4, -0.2) is 38.2 Å². The van der Waals surface area contributed by atoms with Gasteiger partial charge in [0.1, 0.15) is 11.5 Å². The molecular formula is C22H22N4O6S. The Labute approximate surface area is 190 Å². The molecule has 2 aliphatic rings. The van der Waals surface area contributed by atoms with Crippen LogP contribution >= 0.6 is 0 Å². The Morgan fingerprint density at radius 2 is 1.97 bits per heavy atom. The van der Waals surface area contributed by atoms with Gasteiger partial charge in [0.05, 0.1) is 24.2 Å². The molecular weight excluding hydrogens is 448 g/mol. The van der Waals surface area contributed by atoms with Crippen molar-refractivity contribution in [3.8, 4) is 11.5 Å². The highest BCUT2D eigenvalue weighted by Crippen LogP contribution is 2.37. The monoisotopic (exact) mass is 470 g/mol. The van der Waals surface area contributed by atoms with Gasteiger partial charge in [-0.05, 0) is 55.3 Å². The molecule has 33 heavy (non-hydrogen) atoms. The second-order valence-electron chi connectivity index (χ2n) is 7.91. The molecule has 0 radical (unpaired) electrons. The summed E-state index contributed by atoms with van der Waals surface area (Å²) in [4.78, 5) is 18.4. The number of sulfonamides is 1. The van der Waals surface area contributed by atoms with Gasteiger partial charge in [0, 0.05) is 11.6 Å². The van der Waals surface area contributed by atoms with Crippen molar-refractivity contribution in [2.24, 2.45) is 0 Å². The third kappa shape index (κ3) is 4.23. The van der Waals surface area contributed by atoms with E-state index in [2.05, 4.69) is 14.9 Å². The summed E-state index contributed by atoms with van der Waals surface area (Å²) in [6.45, 7) is -0.0998. The van der Waals surface area contributed by atoms with E-state index >= 15 is 0 Å². The normalized spacial score (nSPS) is 16.0. The number of aromatic nitrogens is 2. The molecule has 1 fully saturated rings. The van der Waals surface area contributed by atoms with Crippen LogP contribution < -0.4 is 19.1 Å². The average molecular weight is 471 g/mol. The number of amides is 1. The summed E-state index contributed by atoms with van der Waals surface area (Å²) < 4.78 is 44.4. The Morgan fingerprint density at radius 1 is 1.18 bits per heavy atom. The number of hydrogen-bond donors (Lipinski definition) is 1. The quantitative estimate of drug-likeness (QED) is 0.559. The molecule has 1 saturated carbocycles. The molecule has 1 aliphatic heterocycles. The standard InChI is InChI=1S/C22H22N4O6S/c1-30-16-7-5-15(6-8-16)25-33(28,29)17-9-10-19-18(11-17)26(21(27)13-31-19)12-20-23-22(32-24-20)14-3-2-4-14/h5-11,14,25H,2-4,12-13H2,1H3. The molecule has 0 atom stereocenters. The Morgan fingerprint density at radius 3 is 2.67 bits per heavy atom. The number of benzene rings is 2. The maximum Gasteiger partial charge on any atom is 0.265 e. The Kier molecular flexibility index (Phi) is 5.41. The minimum Gasteiger partial charge on any atom is -0.497 e. The van der Waals surface area contributed by atoms with E-state index < -0.39 is 10.0 Å². The van der Waals surface area contributed by atoms with Crippen molar-refractivity contribution in [1.82, 2.24) is 10.1 Å². The first-order valence-corrected chi connectivity index (χ1v) is 12.0. The number of nitrogens with one attached hydrogen (secondary N) is 1. The van der Waals surface area contributed by atoms with Gasteiger partial charge < -0.3 is 14.0 Å². The van der Waals surface area contributed by atoms with Crippen molar-refractivity contribution < 1.29 is 27.2 Å². The maximum atomic E-state index is 13.0. The Bertz CT molecular complexity index is 1280. The van der Waals surface area contributed by atoms with Gasteiger partial charge in [-0.2, -0.15) is 4.98 Å². The maximum absolute atomic E-state index is 13.0. The lowest BCUT2D eigenvalue weighted by molar-refractivity contribution is -0.121. The summed E-state index contributed by atoms with van der Waals surface area (Å²) in [5.41, 5.74) is 0.715. The summed E-state index contributed by atoms with van der Waals surface area (Å²) in [7, 11) is -2.39. The van der Waals surface area contributed by atoms with Crippen LogP contribution in [0.5, 0.6) is 11.5 Å². The molecule has 172 valence electrons. The molecule has 1 aliphatic carbocycles. The molecule has 3 aromatic rings. The van der Waals surface area contributed by atoms with Crippen molar-refractivity contribution in [2.45, 2.75) is 36.6 Å². The van der Waals surface area contributed by atoms with Crippen LogP contribution in [0.1, 0.15) is 36.9 Å². The molecule has 11 heteroatoms. The lowest BCUT2D eigenvalue weighted by Gasteiger charge is -2.28. The highest BCUT2D eigenvalue weighted by atomic mass is 32.2. The number of methoxy groups -OCH3 is 1. The lowest BCUT2D eigenvalue weighted by Crippen LogP contribution is -2.38. The predicted molar refractivity (Wildman–Crippen MR) is 118 cm³/mol. The largest absolute Gasteiger partial charge is 0.497 e. The third-order valence-corrected chi connectivity index (χ3v) is 7.14. The van der Waals surface area contributed by atoms with Crippen LogP contribution in [0.25, 0.3) is 0 Å². The van der Waals surface area contributed by atoms with Gasteiger partial charge in [0.25, 0.3) is 15.9 Å². The molecule has 1 aromatic heterocycles. The van der Waals surface area contributed by atoms with Crippen LogP contribution in [0.15, 0.2) is 51.9 Å². The topological polar surface area (TPSA) is 124 Å². The molecule has 1 amide bonds. The van der Waals surface area contributed by atoms with Crippen molar-refractivity contribution in [3.63, 3.8) is 0 Å². The minimum atomic E-state index is -3.92. The molecule has 0 unspecified atom stereocenters. The summed E-state index contributed by atoms with van der Waals surface area (Å²) in [6.07, 6.45) is 3.17. The van der Waals surface area contributed by atoms with Crippen LogP contribution in [0.4, 0.5) is 11.4 Å². The molecule has 0 bridgehead atoms. The number of rotatable bonds is 7. The summed E-state index contributed by atoms with van der Waals surface area (Å²) in [5, 5.41) is 4.00. The number of ether oxygens (including phenoxy) is 2. The molecule has 2 aromatic carbocycles. The fraction of sp³-hybridized carbons (Fsp3) is 0.318. The predicted octanol–water partition coefficient (Wildman–Crippen LogP) is 3.07. The van der Waals surface area contributed by atoms with E-state index in [1.54, 1.807) is 24.3 Å². The van der Waals surface area contributed by atoms with Crippen molar-refractivity contribution in [3.05, 3.63) is 54.2 Å². The molecule has 1 N–H and O–H groups in total. The first-order chi connectivity index (χ1) is 15.9. The van der Waals surface area contributed by atoms with Gasteiger partial charge in [-0.1, -0.05) is 11.6 Å². The van der Waals surface area contributed by atoms with E-state index in [1.165, 1.54) is 30.2 Å². The van der Waals surface area contributed by atoms with Crippen molar-refractivity contribution >= 4 is 27.3 Å². The zero-order valence-electron chi connectivity index (χ0n) is 17.9. The average Bonchev–Trinajstić information content (AvgIpc) is 3.22. The number of anilines is 2. The minimum absolute atomic E-state index is 0.0105. The fourth-order valence-corrected chi connectivity index (χ4v) is 4.77. The number of carbonyl (C=O) groups excluding carboxylic acids is 1. The van der Waals surface area contributed by atoms with Crippen LogP contribution in [0.2, 0.25) is 0 Å². The van der Waals surface area contributed by atoms with Gasteiger partial charge in [-0.25, -0.2) is 8.42 Å². The molecule has 5 rings (SSSR count). The Hall–Kier alpha value is -3.60. The number of fused-ring (bicyclic) bond motifs is 1. The van der Waals surface area contributed by atoms with E-state index in [4.69, 9.17) is 14.0 Å². The van der Waals surface area contributed by atoms with Gasteiger partial charge in [0.2, 0.25) is 5.89 Å². The van der Waals surface area contributed by atoms with E-state index in [9.17, 15) is 13.2 Å². The van der Waals surface area contributed by atoms with E-state index in [-0.39, 0.29) is 29.9 Å². The van der Waals surface area contributed by atoms with Gasteiger partial charge >= 0.3 is 0 Å². The van der Waals surface area contributed by atoms with E-state index in [0.717, 1.165) is 19.3 Å². The van der Waals surface area contributed by atoms with Gasteiger partial charge in [-0.15, -0.1) is 0 Å². The van der Waals surface area contributed by atoms with Gasteiger partial charge in [0.15, 0.2) is 12.4 Å². The smallest absolute Gasteiger partial charge is 0.265 e. The van der Waals surface area contributed by atoms with Crippen molar-refractivity contribution in [2.75, 3.05) is 23.3 Å². The van der Waals surface area contributed by atoms with Gasteiger partial charge in [-0.3, -0.25) is 14.4 Å². The highest BCUT2D eigenvalue weighted by Gasteiger charge is 2.30. The fourth-order valence-electron chi connectivity index (χ4n) is 3.69. The van der Waals surface area contributed by atoms with E-state index in [1.807, 2.05) is 0 Å². The van der Waals surface area contributed by atoms with Crippen LogP contribution in [0.3, 0.4) is 0 Å². The number of hydrogen-bond acceptors (Lipinski definition) is 8. The second kappa shape index (κ2) is 8.39. The zero-order chi connectivity index (χ0) is 23.0. The van der Waals surface area contributed by atoms with Crippen LogP contribution in [0, 0.1) is 0 Å². The molecule has 0 saturated heterocycles. The SMILES string of the molecule is COc1ccc(NS(=O)(=O)c2ccc3c(c2)N(Cc2noc(C4CCC4)n2)C(=O)CO3)cc1. The third-order valence-electron chi connectivity index (χ3n) is 5.76. The zero-order valence-corrected chi connectivity index (χ0v) is 18.7. The molecule has 10 nitrogen and oxygen atoms in total. The highest BCUT2D eigenvalue weighted by molar-refractivity contribution is 7.92. The summed E-state index contributed by atoms with van der Waals surface area (Å²) >= 11 is 0. The first kappa shape index (κ1) is 21.3. The molecule has 2 heterocycles. The number of nitrogens with zero attached hydrogens (tertiary/aromatic N) is 3. The molecule has 0 spiro atoms. The first-order valence-electron chi connectivity index (χ1n) is 10.5. The van der Waals surface area contributed by atoms with Crippen molar-refractivity contribution in [1.29, 1.82) is 0 Å². The Balaban J connectivity index is 1.40. The number of carbonyl (C=O) groups is 1. The lowest BCUT2D eigenvalue weighted by atomic mass is 9.85. The summed E-state index contributed by atoms with van der Waals surface area (Å²) in [6, 6.07) is 10.9. The van der Waals surface area contributed by atoms with Crippen LogP contribution in [-0.2, 0) is 21.4 Å².